The van der Waals surface area contributed by atoms with E-state index in [4.69, 9.17) is 5.11 Å². The van der Waals surface area contributed by atoms with Crippen molar-refractivity contribution in [1.82, 2.24) is 10.3 Å². The Morgan fingerprint density at radius 1 is 1.50 bits per heavy atom. The van der Waals surface area contributed by atoms with Gasteiger partial charge in [0.2, 0.25) is 0 Å². The first-order chi connectivity index (χ1) is 9.20. The normalized spacial score (nSPS) is 12.7. The maximum Gasteiger partial charge on any atom is 0.326 e. The minimum absolute atomic E-state index is 0.179. The highest BCUT2D eigenvalue weighted by atomic mass is 79.9. The zero-order valence-electron chi connectivity index (χ0n) is 10.5. The molecule has 20 heavy (non-hydrogen) atoms. The zero-order chi connectivity index (χ0) is 15.3. The highest BCUT2D eigenvalue weighted by Crippen LogP contribution is 2.12. The number of aliphatic carboxylic acids is 1. The summed E-state index contributed by atoms with van der Waals surface area (Å²) < 4.78 is 22.4. The second-order valence-electron chi connectivity index (χ2n) is 4.12. The Hall–Kier alpha value is -1.48. The summed E-state index contributed by atoms with van der Waals surface area (Å²) in [6.07, 6.45) is 2.28. The van der Waals surface area contributed by atoms with Crippen molar-refractivity contribution >= 4 is 37.6 Å². The number of sulfone groups is 1. The standard InChI is InChI=1S/C11H13BrN2O5S/c1-20(18,19)6-4-8(11(16)17)14-10(15)7-3-2-5-13-9(7)12/h2-3,5,8H,4,6H2,1H3,(H,14,15)(H,16,17). The number of nitrogens with zero attached hydrogens (tertiary/aromatic N) is 1. The maximum atomic E-state index is 11.9. The largest absolute Gasteiger partial charge is 0.480 e. The molecule has 1 atom stereocenters. The van der Waals surface area contributed by atoms with Gasteiger partial charge in [0.25, 0.3) is 5.91 Å². The average Bonchev–Trinajstić information content (AvgIpc) is 2.33. The van der Waals surface area contributed by atoms with E-state index in [1.54, 1.807) is 0 Å². The smallest absolute Gasteiger partial charge is 0.326 e. The van der Waals surface area contributed by atoms with Crippen molar-refractivity contribution in [2.24, 2.45) is 0 Å². The van der Waals surface area contributed by atoms with Gasteiger partial charge in [0.05, 0.1) is 11.3 Å². The molecule has 1 aromatic rings. The quantitative estimate of drug-likeness (QED) is 0.709. The number of amides is 1. The van der Waals surface area contributed by atoms with Gasteiger partial charge in [-0.25, -0.2) is 18.2 Å². The molecule has 0 aliphatic rings. The Balaban J connectivity index is 2.79. The molecule has 9 heteroatoms. The molecule has 7 nitrogen and oxygen atoms in total. The first-order valence-corrected chi connectivity index (χ1v) is 8.38. The van der Waals surface area contributed by atoms with Gasteiger partial charge in [0.1, 0.15) is 20.5 Å². The van der Waals surface area contributed by atoms with Crippen LogP contribution in [-0.4, -0.2) is 48.4 Å². The molecule has 0 radical (unpaired) electrons. The number of aromatic nitrogens is 1. The number of nitrogens with one attached hydrogen (secondary N) is 1. The molecular formula is C11H13BrN2O5S. The predicted molar refractivity (Wildman–Crippen MR) is 75.2 cm³/mol. The third kappa shape index (κ3) is 5.25. The predicted octanol–water partition coefficient (Wildman–Crippen LogP) is 0.462. The molecule has 1 aromatic heterocycles. The van der Waals surface area contributed by atoms with Gasteiger partial charge >= 0.3 is 5.97 Å². The molecule has 1 amide bonds. The van der Waals surface area contributed by atoms with Crippen molar-refractivity contribution < 1.29 is 23.1 Å². The lowest BCUT2D eigenvalue weighted by atomic mass is 10.2. The summed E-state index contributed by atoms with van der Waals surface area (Å²) in [5, 5.41) is 11.3. The molecule has 110 valence electrons. The van der Waals surface area contributed by atoms with Crippen LogP contribution in [0.15, 0.2) is 22.9 Å². The SMILES string of the molecule is CS(=O)(=O)CCC(NC(=O)c1cccnc1Br)C(=O)O. The molecule has 0 bridgehead atoms. The summed E-state index contributed by atoms with van der Waals surface area (Å²) >= 11 is 3.08. The summed E-state index contributed by atoms with van der Waals surface area (Å²) in [6, 6.07) is 1.73. The number of carbonyl (C=O) groups excluding carboxylic acids is 1. The molecular weight excluding hydrogens is 352 g/mol. The lowest BCUT2D eigenvalue weighted by molar-refractivity contribution is -0.139. The summed E-state index contributed by atoms with van der Waals surface area (Å²) in [5.41, 5.74) is 0.179. The number of pyridine rings is 1. The molecule has 0 saturated heterocycles. The lowest BCUT2D eigenvalue weighted by Crippen LogP contribution is -2.42. The van der Waals surface area contributed by atoms with E-state index < -0.39 is 27.8 Å². The molecule has 0 saturated carbocycles. The maximum absolute atomic E-state index is 11.9. The summed E-state index contributed by atoms with van der Waals surface area (Å²) in [6.45, 7) is 0. The van der Waals surface area contributed by atoms with Crippen LogP contribution in [-0.2, 0) is 14.6 Å². The fourth-order valence-corrected chi connectivity index (χ4v) is 2.48. The highest BCUT2D eigenvalue weighted by molar-refractivity contribution is 9.10. The van der Waals surface area contributed by atoms with E-state index in [-0.39, 0.29) is 22.3 Å². The molecule has 1 rings (SSSR count). The Labute approximate surface area is 124 Å². The van der Waals surface area contributed by atoms with Gasteiger partial charge in [-0.05, 0) is 34.5 Å². The second kappa shape index (κ2) is 6.80. The number of carboxylic acid groups (broad SMARTS) is 1. The van der Waals surface area contributed by atoms with Crippen LogP contribution >= 0.6 is 15.9 Å². The van der Waals surface area contributed by atoms with Gasteiger partial charge in [-0.3, -0.25) is 4.79 Å². The van der Waals surface area contributed by atoms with Crippen LogP contribution in [0.25, 0.3) is 0 Å². The van der Waals surface area contributed by atoms with Gasteiger partial charge in [-0.2, -0.15) is 0 Å². The van der Waals surface area contributed by atoms with E-state index >= 15 is 0 Å². The van der Waals surface area contributed by atoms with E-state index in [1.807, 2.05) is 0 Å². The minimum atomic E-state index is -3.30. The van der Waals surface area contributed by atoms with Crippen LogP contribution in [0.3, 0.4) is 0 Å². The zero-order valence-corrected chi connectivity index (χ0v) is 12.9. The second-order valence-corrected chi connectivity index (χ2v) is 7.14. The van der Waals surface area contributed by atoms with Crippen molar-refractivity contribution in [2.45, 2.75) is 12.5 Å². The number of carbonyl (C=O) groups is 2. The third-order valence-corrected chi connectivity index (χ3v) is 3.99. The van der Waals surface area contributed by atoms with Crippen molar-refractivity contribution in [3.05, 3.63) is 28.5 Å². The molecule has 0 spiro atoms. The Morgan fingerprint density at radius 2 is 2.15 bits per heavy atom. The van der Waals surface area contributed by atoms with Crippen LogP contribution in [0, 0.1) is 0 Å². The average molecular weight is 365 g/mol. The molecule has 1 heterocycles. The summed E-state index contributed by atoms with van der Waals surface area (Å²) in [5.74, 6) is -2.24. The molecule has 0 aromatic carbocycles. The van der Waals surface area contributed by atoms with Crippen molar-refractivity contribution in [3.8, 4) is 0 Å². The monoisotopic (exact) mass is 364 g/mol. The molecule has 1 unspecified atom stereocenters. The van der Waals surface area contributed by atoms with Crippen molar-refractivity contribution in [2.75, 3.05) is 12.0 Å². The fourth-order valence-electron chi connectivity index (χ4n) is 1.38. The van der Waals surface area contributed by atoms with Crippen LogP contribution in [0.1, 0.15) is 16.8 Å². The van der Waals surface area contributed by atoms with Crippen LogP contribution in [0.4, 0.5) is 0 Å². The van der Waals surface area contributed by atoms with E-state index in [9.17, 15) is 18.0 Å². The number of rotatable bonds is 6. The van der Waals surface area contributed by atoms with Crippen molar-refractivity contribution in [1.29, 1.82) is 0 Å². The first kappa shape index (κ1) is 16.6. The topological polar surface area (TPSA) is 113 Å². The molecule has 0 aliphatic carbocycles. The fraction of sp³-hybridized carbons (Fsp3) is 0.364. The molecule has 0 fully saturated rings. The Bertz CT molecular complexity index is 617. The number of hydrogen-bond donors (Lipinski definition) is 2. The summed E-state index contributed by atoms with van der Waals surface area (Å²) in [4.78, 5) is 26.8. The van der Waals surface area contributed by atoms with E-state index in [0.717, 1.165) is 6.26 Å². The Kier molecular flexibility index (Phi) is 5.63. The van der Waals surface area contributed by atoms with E-state index in [0.29, 0.717) is 0 Å². The summed E-state index contributed by atoms with van der Waals surface area (Å²) in [7, 11) is -3.30. The number of carboxylic acids is 1. The third-order valence-electron chi connectivity index (χ3n) is 2.38. The Morgan fingerprint density at radius 3 is 2.65 bits per heavy atom. The molecule has 0 aliphatic heterocycles. The van der Waals surface area contributed by atoms with E-state index in [2.05, 4.69) is 26.2 Å². The minimum Gasteiger partial charge on any atom is -0.480 e. The highest BCUT2D eigenvalue weighted by Gasteiger charge is 2.23. The van der Waals surface area contributed by atoms with Crippen LogP contribution in [0.2, 0.25) is 0 Å². The van der Waals surface area contributed by atoms with Gasteiger partial charge in [-0.15, -0.1) is 0 Å². The lowest BCUT2D eigenvalue weighted by Gasteiger charge is -2.14. The van der Waals surface area contributed by atoms with Crippen LogP contribution in [0.5, 0.6) is 0 Å². The molecule has 2 N–H and O–H groups in total. The number of hydrogen-bond acceptors (Lipinski definition) is 5. The van der Waals surface area contributed by atoms with Crippen molar-refractivity contribution in [3.63, 3.8) is 0 Å². The van der Waals surface area contributed by atoms with Crippen LogP contribution < -0.4 is 5.32 Å². The van der Waals surface area contributed by atoms with Gasteiger partial charge in [0.15, 0.2) is 0 Å². The van der Waals surface area contributed by atoms with Gasteiger partial charge in [0, 0.05) is 12.5 Å². The number of halogens is 1. The van der Waals surface area contributed by atoms with Gasteiger partial charge < -0.3 is 10.4 Å². The van der Waals surface area contributed by atoms with Gasteiger partial charge in [-0.1, -0.05) is 0 Å². The van der Waals surface area contributed by atoms with E-state index in [1.165, 1.54) is 18.3 Å². The first-order valence-electron chi connectivity index (χ1n) is 5.52.